The summed E-state index contributed by atoms with van der Waals surface area (Å²) < 4.78 is 10.5. The Morgan fingerprint density at radius 3 is 2.00 bits per heavy atom. The van der Waals surface area contributed by atoms with Crippen molar-refractivity contribution in [1.29, 1.82) is 0 Å². The number of carbonyl (C=O) groups is 4. The van der Waals surface area contributed by atoms with Gasteiger partial charge in [-0.05, 0) is 48.5 Å². The summed E-state index contributed by atoms with van der Waals surface area (Å²) in [6.07, 6.45) is 0.478. The van der Waals surface area contributed by atoms with E-state index < -0.39 is 11.9 Å². The summed E-state index contributed by atoms with van der Waals surface area (Å²) in [4.78, 5) is 51.2. The maximum atomic E-state index is 12.5. The van der Waals surface area contributed by atoms with Crippen molar-refractivity contribution < 1.29 is 28.7 Å². The highest BCUT2D eigenvalue weighted by molar-refractivity contribution is 6.19. The molecule has 2 saturated heterocycles. The minimum absolute atomic E-state index is 0.0692. The fraction of sp³-hybridized carbons (Fsp3) is 0.273. The Bertz CT molecular complexity index is 983. The third kappa shape index (κ3) is 3.76. The van der Waals surface area contributed by atoms with Crippen LogP contribution in [0.2, 0.25) is 0 Å². The molecule has 2 aliphatic heterocycles. The van der Waals surface area contributed by atoms with Gasteiger partial charge in [-0.1, -0.05) is 0 Å². The van der Waals surface area contributed by atoms with Gasteiger partial charge in [-0.15, -0.1) is 0 Å². The lowest BCUT2D eigenvalue weighted by atomic mass is 10.1. The highest BCUT2D eigenvalue weighted by Gasteiger charge is 2.36. The number of hydrogen-bond acceptors (Lipinski definition) is 6. The largest absolute Gasteiger partial charge is 0.497 e. The van der Waals surface area contributed by atoms with Crippen molar-refractivity contribution in [3.05, 3.63) is 48.5 Å². The lowest BCUT2D eigenvalue weighted by Gasteiger charge is -2.17. The first-order valence-electron chi connectivity index (χ1n) is 9.58. The fourth-order valence-corrected chi connectivity index (χ4v) is 3.60. The molecule has 0 unspecified atom stereocenters. The van der Waals surface area contributed by atoms with Crippen LogP contribution < -0.4 is 19.3 Å². The Balaban J connectivity index is 1.39. The van der Waals surface area contributed by atoms with Crippen molar-refractivity contribution in [1.82, 2.24) is 0 Å². The number of rotatable bonds is 5. The topological polar surface area (TPSA) is 93.2 Å². The molecule has 0 spiro atoms. The summed E-state index contributed by atoms with van der Waals surface area (Å²) in [5, 5.41) is 0. The molecule has 8 heteroatoms. The molecule has 2 aromatic carbocycles. The first-order valence-corrected chi connectivity index (χ1v) is 9.58. The maximum Gasteiger partial charge on any atom is 0.316 e. The van der Waals surface area contributed by atoms with Gasteiger partial charge >= 0.3 is 5.97 Å². The molecular formula is C22H20N2O6. The molecule has 2 aromatic rings. The van der Waals surface area contributed by atoms with Crippen molar-refractivity contribution in [3.8, 4) is 11.5 Å². The number of nitrogens with zero attached hydrogens (tertiary/aromatic N) is 2. The third-order valence-corrected chi connectivity index (χ3v) is 5.21. The standard InChI is InChI=1S/C22H20N2O6/c1-29-17-6-2-15(3-7-17)23-13-14(12-21(23)27)22(28)30-18-8-4-16(5-9-18)24-19(25)10-11-20(24)26/h2-9,14H,10-13H2,1H3/t14-/m0/s1. The number of methoxy groups -OCH3 is 1. The van der Waals surface area contributed by atoms with Crippen LogP contribution >= 0.6 is 0 Å². The zero-order valence-electron chi connectivity index (χ0n) is 16.4. The average molecular weight is 408 g/mol. The number of carbonyl (C=O) groups excluding carboxylic acids is 4. The Kier molecular flexibility index (Phi) is 5.22. The normalized spacial score (nSPS) is 18.8. The van der Waals surface area contributed by atoms with E-state index in [4.69, 9.17) is 9.47 Å². The summed E-state index contributed by atoms with van der Waals surface area (Å²) in [5.74, 6) is -0.744. The van der Waals surface area contributed by atoms with Crippen LogP contribution in [0.15, 0.2) is 48.5 Å². The Morgan fingerprint density at radius 2 is 1.40 bits per heavy atom. The third-order valence-electron chi connectivity index (χ3n) is 5.21. The molecule has 0 bridgehead atoms. The number of ether oxygens (including phenoxy) is 2. The monoisotopic (exact) mass is 408 g/mol. The smallest absolute Gasteiger partial charge is 0.316 e. The van der Waals surface area contributed by atoms with E-state index in [9.17, 15) is 19.2 Å². The fourth-order valence-electron chi connectivity index (χ4n) is 3.60. The SMILES string of the molecule is COc1ccc(N2C[C@@H](C(=O)Oc3ccc(N4C(=O)CCC4=O)cc3)CC2=O)cc1. The molecule has 3 amide bonds. The summed E-state index contributed by atoms with van der Waals surface area (Å²) >= 11 is 0. The zero-order chi connectivity index (χ0) is 21.3. The van der Waals surface area contributed by atoms with Crippen LogP contribution in [-0.2, 0) is 19.2 Å². The molecule has 2 aliphatic rings. The molecule has 0 aliphatic carbocycles. The van der Waals surface area contributed by atoms with Gasteiger partial charge in [0.1, 0.15) is 11.5 Å². The van der Waals surface area contributed by atoms with Crippen LogP contribution in [-0.4, -0.2) is 37.3 Å². The number of benzene rings is 2. The molecule has 4 rings (SSSR count). The van der Waals surface area contributed by atoms with E-state index in [2.05, 4.69) is 0 Å². The molecule has 0 saturated carbocycles. The van der Waals surface area contributed by atoms with Crippen molar-refractivity contribution in [3.63, 3.8) is 0 Å². The Morgan fingerprint density at radius 1 is 0.833 bits per heavy atom. The van der Waals surface area contributed by atoms with Crippen molar-refractivity contribution in [2.45, 2.75) is 19.3 Å². The molecule has 1 atom stereocenters. The first-order chi connectivity index (χ1) is 14.5. The van der Waals surface area contributed by atoms with Crippen molar-refractivity contribution in [2.24, 2.45) is 5.92 Å². The number of imide groups is 1. The molecular weight excluding hydrogens is 388 g/mol. The second-order valence-corrected chi connectivity index (χ2v) is 7.14. The second kappa shape index (κ2) is 7.98. The molecule has 0 aromatic heterocycles. The van der Waals surface area contributed by atoms with Gasteiger partial charge < -0.3 is 14.4 Å². The summed E-state index contributed by atoms with van der Waals surface area (Å²) in [7, 11) is 1.56. The van der Waals surface area contributed by atoms with E-state index >= 15 is 0 Å². The van der Waals surface area contributed by atoms with Gasteiger partial charge in [0.15, 0.2) is 0 Å². The minimum Gasteiger partial charge on any atom is -0.497 e. The molecule has 8 nitrogen and oxygen atoms in total. The van der Waals surface area contributed by atoms with Crippen molar-refractivity contribution in [2.75, 3.05) is 23.5 Å². The van der Waals surface area contributed by atoms with Gasteiger partial charge in [-0.3, -0.25) is 24.1 Å². The molecule has 154 valence electrons. The van der Waals surface area contributed by atoms with Gasteiger partial charge in [-0.25, -0.2) is 0 Å². The van der Waals surface area contributed by atoms with Crippen LogP contribution in [0.25, 0.3) is 0 Å². The lowest BCUT2D eigenvalue weighted by molar-refractivity contribution is -0.139. The molecule has 2 fully saturated rings. The molecule has 0 radical (unpaired) electrons. The van der Waals surface area contributed by atoms with Crippen LogP contribution in [0.1, 0.15) is 19.3 Å². The lowest BCUT2D eigenvalue weighted by Crippen LogP contribution is -2.28. The number of anilines is 2. The maximum absolute atomic E-state index is 12.5. The average Bonchev–Trinajstić information content (AvgIpc) is 3.31. The van der Waals surface area contributed by atoms with Gasteiger partial charge in [0, 0.05) is 31.5 Å². The molecule has 2 heterocycles. The van der Waals surface area contributed by atoms with Crippen LogP contribution in [0, 0.1) is 5.92 Å². The van der Waals surface area contributed by atoms with Gasteiger partial charge in [-0.2, -0.15) is 0 Å². The van der Waals surface area contributed by atoms with Crippen molar-refractivity contribution >= 4 is 35.1 Å². The molecule has 0 N–H and O–H groups in total. The van der Waals surface area contributed by atoms with E-state index in [1.165, 1.54) is 12.1 Å². The van der Waals surface area contributed by atoms with Crippen LogP contribution in [0.3, 0.4) is 0 Å². The predicted octanol–water partition coefficient (Wildman–Crippen LogP) is 2.31. The highest BCUT2D eigenvalue weighted by Crippen LogP contribution is 2.29. The summed E-state index contributed by atoms with van der Waals surface area (Å²) in [6.45, 7) is 0.235. The predicted molar refractivity (Wildman–Crippen MR) is 107 cm³/mol. The van der Waals surface area contributed by atoms with Crippen LogP contribution in [0.5, 0.6) is 11.5 Å². The minimum atomic E-state index is -0.582. The highest BCUT2D eigenvalue weighted by atomic mass is 16.5. The van der Waals surface area contributed by atoms with Crippen LogP contribution in [0.4, 0.5) is 11.4 Å². The van der Waals surface area contributed by atoms with E-state index in [1.54, 1.807) is 48.4 Å². The number of hydrogen-bond donors (Lipinski definition) is 0. The first kappa shape index (κ1) is 19.6. The number of esters is 1. The second-order valence-electron chi connectivity index (χ2n) is 7.14. The van der Waals surface area contributed by atoms with Gasteiger partial charge in [0.25, 0.3) is 0 Å². The van der Waals surface area contributed by atoms with E-state index in [1.807, 2.05) is 0 Å². The quantitative estimate of drug-likeness (QED) is 0.428. The Hall–Kier alpha value is -3.68. The van der Waals surface area contributed by atoms with E-state index in [0.717, 1.165) is 4.90 Å². The van der Waals surface area contributed by atoms with Gasteiger partial charge in [0.2, 0.25) is 17.7 Å². The zero-order valence-corrected chi connectivity index (χ0v) is 16.4. The van der Waals surface area contributed by atoms with E-state index in [0.29, 0.717) is 17.1 Å². The molecule has 30 heavy (non-hydrogen) atoms. The summed E-state index contributed by atoms with van der Waals surface area (Å²) in [5.41, 5.74) is 1.14. The van der Waals surface area contributed by atoms with Gasteiger partial charge in [0.05, 0.1) is 18.7 Å². The Labute approximate surface area is 173 Å². The summed E-state index contributed by atoms with van der Waals surface area (Å²) in [6, 6.07) is 13.2. The van der Waals surface area contributed by atoms with E-state index in [-0.39, 0.29) is 49.3 Å². The number of amides is 3.